The Balaban J connectivity index is 1.69. The average Bonchev–Trinajstić information content (AvgIpc) is 2.85. The van der Waals surface area contributed by atoms with Crippen molar-refractivity contribution in [2.24, 2.45) is 0 Å². The molecule has 4 rings (SSSR count). The predicted molar refractivity (Wildman–Crippen MR) is 140 cm³/mol. The van der Waals surface area contributed by atoms with E-state index in [0.29, 0.717) is 12.2 Å². The molecule has 0 saturated heterocycles. The molecule has 1 aliphatic rings. The zero-order chi connectivity index (χ0) is 24.8. The van der Waals surface area contributed by atoms with Gasteiger partial charge in [0.15, 0.2) is 11.5 Å². The van der Waals surface area contributed by atoms with Crippen LogP contribution in [-0.4, -0.2) is 24.5 Å². The van der Waals surface area contributed by atoms with Gasteiger partial charge in [-0.15, -0.1) is 0 Å². The number of benzene rings is 2. The third kappa shape index (κ3) is 5.85. The summed E-state index contributed by atoms with van der Waals surface area (Å²) < 4.78 is 41.9. The fourth-order valence-corrected chi connectivity index (χ4v) is 5.49. The van der Waals surface area contributed by atoms with E-state index in [9.17, 15) is 13.0 Å². The highest BCUT2D eigenvalue weighted by Gasteiger charge is 2.32. The Morgan fingerprint density at radius 1 is 0.886 bits per heavy atom. The standard InChI is InChI=1S/C28H34N2O4S/c1-3-5-11-21-17-18-22(12-6-4-2)29-28(21)27(35(31,32)33)19-20-30-23-13-7-9-15-25(23)34-26-16-10-8-14-24(26)30/h7-10,13-18,27H,3-6,11-12,19-20H2,1-2H3,(H,31,32,33). The number of nitrogens with zero attached hydrogens (tertiary/aromatic N) is 2. The zero-order valence-corrected chi connectivity index (χ0v) is 21.3. The van der Waals surface area contributed by atoms with Crippen molar-refractivity contribution in [3.8, 4) is 11.5 Å². The lowest BCUT2D eigenvalue weighted by molar-refractivity contribution is 0.459. The number of hydrogen-bond donors (Lipinski definition) is 1. The highest BCUT2D eigenvalue weighted by Crippen LogP contribution is 2.46. The molecule has 0 fully saturated rings. The zero-order valence-electron chi connectivity index (χ0n) is 20.5. The van der Waals surface area contributed by atoms with E-state index in [1.54, 1.807) is 0 Å². The number of unbranched alkanes of at least 4 members (excludes halogenated alkanes) is 2. The Hall–Kier alpha value is -2.90. The Morgan fingerprint density at radius 3 is 2.09 bits per heavy atom. The molecule has 1 aliphatic heterocycles. The van der Waals surface area contributed by atoms with Gasteiger partial charge in [-0.2, -0.15) is 8.42 Å². The highest BCUT2D eigenvalue weighted by atomic mass is 32.2. The van der Waals surface area contributed by atoms with Crippen LogP contribution < -0.4 is 9.64 Å². The SMILES string of the molecule is CCCCc1ccc(CCCC)c(C(CCN2c3ccccc3Oc3ccccc32)S(=O)(=O)O)n1. The molecule has 2 heterocycles. The van der Waals surface area contributed by atoms with Gasteiger partial charge in [-0.05, 0) is 68.0 Å². The minimum Gasteiger partial charge on any atom is -0.453 e. The van der Waals surface area contributed by atoms with Crippen molar-refractivity contribution in [2.45, 2.75) is 64.0 Å². The van der Waals surface area contributed by atoms with Gasteiger partial charge in [-0.3, -0.25) is 9.54 Å². The van der Waals surface area contributed by atoms with Gasteiger partial charge in [0.25, 0.3) is 10.1 Å². The second kappa shape index (κ2) is 11.2. The second-order valence-electron chi connectivity index (χ2n) is 9.04. The van der Waals surface area contributed by atoms with Gasteiger partial charge in [-0.25, -0.2) is 0 Å². The van der Waals surface area contributed by atoms with Crippen molar-refractivity contribution in [3.63, 3.8) is 0 Å². The maximum absolute atomic E-state index is 12.7. The summed E-state index contributed by atoms with van der Waals surface area (Å²) in [5, 5.41) is -1.10. The van der Waals surface area contributed by atoms with Gasteiger partial charge in [0.2, 0.25) is 0 Å². The molecule has 1 atom stereocenters. The molecular weight excluding hydrogens is 460 g/mol. The Bertz CT molecular complexity index is 1210. The number of anilines is 2. The molecule has 0 amide bonds. The predicted octanol–water partition coefficient (Wildman–Crippen LogP) is 7.03. The lowest BCUT2D eigenvalue weighted by atomic mass is 10.0. The Labute approximate surface area is 208 Å². The van der Waals surface area contributed by atoms with E-state index in [1.165, 1.54) is 0 Å². The fourth-order valence-electron chi connectivity index (χ4n) is 4.60. The molecule has 0 radical (unpaired) electrons. The molecule has 3 aromatic rings. The van der Waals surface area contributed by atoms with Crippen LogP contribution in [0.25, 0.3) is 0 Å². The van der Waals surface area contributed by atoms with Crippen molar-refractivity contribution >= 4 is 21.5 Å². The van der Waals surface area contributed by atoms with Crippen LogP contribution in [0.1, 0.15) is 68.2 Å². The minimum atomic E-state index is -4.38. The molecule has 1 N–H and O–H groups in total. The minimum absolute atomic E-state index is 0.199. The van der Waals surface area contributed by atoms with E-state index in [0.717, 1.165) is 72.7 Å². The Morgan fingerprint density at radius 2 is 1.49 bits per heavy atom. The van der Waals surface area contributed by atoms with Gasteiger partial charge in [-0.1, -0.05) is 57.0 Å². The van der Waals surface area contributed by atoms with E-state index in [2.05, 4.69) is 18.7 Å². The molecule has 0 bridgehead atoms. The molecule has 2 aromatic carbocycles. The number of aromatic nitrogens is 1. The highest BCUT2D eigenvalue weighted by molar-refractivity contribution is 7.86. The summed E-state index contributed by atoms with van der Waals surface area (Å²) in [6.07, 6.45) is 5.68. The lowest BCUT2D eigenvalue weighted by Crippen LogP contribution is -2.26. The molecular formula is C28H34N2O4S. The van der Waals surface area contributed by atoms with Crippen molar-refractivity contribution in [2.75, 3.05) is 11.4 Å². The maximum atomic E-state index is 12.7. The summed E-state index contributed by atoms with van der Waals surface area (Å²) in [6.45, 7) is 4.61. The van der Waals surface area contributed by atoms with E-state index < -0.39 is 15.4 Å². The maximum Gasteiger partial charge on any atom is 0.273 e. The number of pyridine rings is 1. The summed E-state index contributed by atoms with van der Waals surface area (Å²) >= 11 is 0. The van der Waals surface area contributed by atoms with Gasteiger partial charge in [0.1, 0.15) is 5.25 Å². The van der Waals surface area contributed by atoms with E-state index >= 15 is 0 Å². The van der Waals surface area contributed by atoms with Crippen molar-refractivity contribution in [1.82, 2.24) is 4.98 Å². The van der Waals surface area contributed by atoms with Gasteiger partial charge < -0.3 is 9.64 Å². The monoisotopic (exact) mass is 494 g/mol. The quantitative estimate of drug-likeness (QED) is 0.288. The molecule has 186 valence electrons. The largest absolute Gasteiger partial charge is 0.453 e. The molecule has 35 heavy (non-hydrogen) atoms. The van der Waals surface area contributed by atoms with Gasteiger partial charge in [0, 0.05) is 12.2 Å². The van der Waals surface area contributed by atoms with E-state index in [4.69, 9.17) is 9.72 Å². The first-order chi connectivity index (χ1) is 16.9. The molecule has 0 aliphatic carbocycles. The third-order valence-corrected chi connectivity index (χ3v) is 7.65. The van der Waals surface area contributed by atoms with Crippen LogP contribution in [0.15, 0.2) is 60.7 Å². The lowest BCUT2D eigenvalue weighted by Gasteiger charge is -2.33. The first kappa shape index (κ1) is 25.2. The third-order valence-electron chi connectivity index (χ3n) is 6.47. The van der Waals surface area contributed by atoms with Crippen LogP contribution >= 0.6 is 0 Å². The van der Waals surface area contributed by atoms with Crippen LogP contribution in [-0.2, 0) is 23.0 Å². The summed E-state index contributed by atoms with van der Waals surface area (Å²) in [6, 6.07) is 19.4. The van der Waals surface area contributed by atoms with Gasteiger partial charge >= 0.3 is 0 Å². The fraction of sp³-hybridized carbons (Fsp3) is 0.393. The van der Waals surface area contributed by atoms with Crippen molar-refractivity contribution in [3.05, 3.63) is 77.6 Å². The van der Waals surface area contributed by atoms with E-state index in [-0.39, 0.29) is 6.42 Å². The van der Waals surface area contributed by atoms with Crippen molar-refractivity contribution < 1.29 is 17.7 Å². The number of aryl methyl sites for hydroxylation is 2. The summed E-state index contributed by atoms with van der Waals surface area (Å²) in [7, 11) is -4.38. The second-order valence-corrected chi connectivity index (χ2v) is 10.6. The number of fused-ring (bicyclic) bond motifs is 2. The first-order valence-corrected chi connectivity index (χ1v) is 14.0. The normalized spacial score (nSPS) is 13.6. The van der Waals surface area contributed by atoms with Crippen LogP contribution in [0, 0.1) is 0 Å². The Kier molecular flexibility index (Phi) is 8.08. The summed E-state index contributed by atoms with van der Waals surface area (Å²) in [4.78, 5) is 6.87. The average molecular weight is 495 g/mol. The van der Waals surface area contributed by atoms with Crippen molar-refractivity contribution in [1.29, 1.82) is 0 Å². The first-order valence-electron chi connectivity index (χ1n) is 12.5. The molecule has 7 heteroatoms. The molecule has 0 saturated carbocycles. The number of hydrogen-bond acceptors (Lipinski definition) is 5. The van der Waals surface area contributed by atoms with Gasteiger partial charge in [0.05, 0.1) is 17.1 Å². The molecule has 0 spiro atoms. The number of para-hydroxylation sites is 4. The van der Waals surface area contributed by atoms with E-state index in [1.807, 2.05) is 60.7 Å². The van der Waals surface area contributed by atoms with Crippen LogP contribution in [0.4, 0.5) is 11.4 Å². The smallest absolute Gasteiger partial charge is 0.273 e. The summed E-state index contributed by atoms with van der Waals surface area (Å²) in [5.41, 5.74) is 4.01. The van der Waals surface area contributed by atoms with Crippen LogP contribution in [0.5, 0.6) is 11.5 Å². The summed E-state index contributed by atoms with van der Waals surface area (Å²) in [5.74, 6) is 1.44. The van der Waals surface area contributed by atoms with Crippen LogP contribution in [0.3, 0.4) is 0 Å². The topological polar surface area (TPSA) is 79.7 Å². The molecule has 1 aromatic heterocycles. The molecule has 6 nitrogen and oxygen atoms in total. The van der Waals surface area contributed by atoms with Crippen LogP contribution in [0.2, 0.25) is 0 Å². The number of rotatable bonds is 11. The molecule has 1 unspecified atom stereocenters. The number of ether oxygens (including phenoxy) is 1.